The van der Waals surface area contributed by atoms with Gasteiger partial charge in [-0.15, -0.1) is 0 Å². The second kappa shape index (κ2) is 9.04. The molecule has 0 saturated carbocycles. The molecule has 0 amide bonds. The number of morpholine rings is 1. The molecule has 2 aromatic carbocycles. The Morgan fingerprint density at radius 2 is 2.00 bits per heavy atom. The average molecular weight is 394 g/mol. The second-order valence-electron chi connectivity index (χ2n) is 8.21. The predicted octanol–water partition coefficient (Wildman–Crippen LogP) is 3.61. The number of hydrogen-bond acceptors (Lipinski definition) is 4. The van der Waals surface area contributed by atoms with Crippen LogP contribution in [0.2, 0.25) is 0 Å². The minimum atomic E-state index is -0.462. The molecule has 4 nitrogen and oxygen atoms in total. The minimum Gasteiger partial charge on any atom is -0.375 e. The van der Waals surface area contributed by atoms with Gasteiger partial charge in [-0.05, 0) is 65.6 Å². The smallest absolute Gasteiger partial charge is 0.141 e. The van der Waals surface area contributed by atoms with Crippen LogP contribution in [0.1, 0.15) is 36.0 Å². The van der Waals surface area contributed by atoms with E-state index < -0.39 is 5.82 Å². The van der Waals surface area contributed by atoms with E-state index in [2.05, 4.69) is 35.8 Å². The van der Waals surface area contributed by atoms with Gasteiger partial charge in [0.15, 0.2) is 0 Å². The summed E-state index contributed by atoms with van der Waals surface area (Å²) in [6.45, 7) is 6.76. The van der Waals surface area contributed by atoms with Gasteiger partial charge in [0.1, 0.15) is 11.9 Å². The van der Waals surface area contributed by atoms with Crippen LogP contribution in [0.25, 0.3) is 11.1 Å². The number of rotatable bonds is 4. The monoisotopic (exact) mass is 393 g/mol. The van der Waals surface area contributed by atoms with E-state index in [0.717, 1.165) is 56.8 Å². The van der Waals surface area contributed by atoms with E-state index in [1.807, 2.05) is 12.1 Å². The number of halogens is 1. The van der Waals surface area contributed by atoms with Crippen molar-refractivity contribution in [2.75, 3.05) is 32.8 Å². The first-order valence-electron chi connectivity index (χ1n) is 10.5. The Labute approximate surface area is 172 Å². The van der Waals surface area contributed by atoms with Gasteiger partial charge >= 0.3 is 0 Å². The molecule has 2 saturated heterocycles. The molecular weight excluding hydrogens is 365 g/mol. The number of piperidine rings is 1. The van der Waals surface area contributed by atoms with Gasteiger partial charge in [-0.2, -0.15) is 5.26 Å². The molecule has 4 rings (SSSR count). The minimum absolute atomic E-state index is 0.0841. The maximum atomic E-state index is 14.4. The zero-order chi connectivity index (χ0) is 20.2. The quantitative estimate of drug-likeness (QED) is 0.833. The van der Waals surface area contributed by atoms with Crippen LogP contribution >= 0.6 is 0 Å². The van der Waals surface area contributed by atoms with Crippen LogP contribution < -0.4 is 10.6 Å². The highest BCUT2D eigenvalue weighted by Crippen LogP contribution is 2.37. The number of hydrogen-bond donors (Lipinski definition) is 2. The first-order chi connectivity index (χ1) is 14.2. The highest BCUT2D eigenvalue weighted by atomic mass is 19.1. The zero-order valence-corrected chi connectivity index (χ0v) is 16.9. The Morgan fingerprint density at radius 1 is 1.14 bits per heavy atom. The lowest BCUT2D eigenvalue weighted by atomic mass is 9.79. The highest BCUT2D eigenvalue weighted by Gasteiger charge is 2.26. The van der Waals surface area contributed by atoms with Gasteiger partial charge in [0.25, 0.3) is 0 Å². The Balaban J connectivity index is 1.72. The Morgan fingerprint density at radius 3 is 2.72 bits per heavy atom. The summed E-state index contributed by atoms with van der Waals surface area (Å²) >= 11 is 0. The molecule has 29 heavy (non-hydrogen) atoms. The van der Waals surface area contributed by atoms with Crippen molar-refractivity contribution in [2.24, 2.45) is 5.92 Å². The van der Waals surface area contributed by atoms with E-state index in [-0.39, 0.29) is 11.7 Å². The van der Waals surface area contributed by atoms with Crippen LogP contribution in [0.15, 0.2) is 36.4 Å². The molecule has 0 aliphatic carbocycles. The molecule has 152 valence electrons. The zero-order valence-electron chi connectivity index (χ0n) is 16.9. The maximum Gasteiger partial charge on any atom is 0.141 e. The summed E-state index contributed by atoms with van der Waals surface area (Å²) in [6.07, 6.45) is 2.13. The summed E-state index contributed by atoms with van der Waals surface area (Å²) in [6, 6.07) is 13.5. The Kier molecular flexibility index (Phi) is 6.25. The molecule has 2 aliphatic rings. The molecule has 3 unspecified atom stereocenters. The number of ether oxygens (including phenoxy) is 1. The van der Waals surface area contributed by atoms with Gasteiger partial charge in [-0.25, -0.2) is 4.39 Å². The fourth-order valence-electron chi connectivity index (χ4n) is 4.50. The topological polar surface area (TPSA) is 57.1 Å². The van der Waals surface area contributed by atoms with E-state index >= 15 is 0 Å². The van der Waals surface area contributed by atoms with Gasteiger partial charge in [0.05, 0.1) is 18.3 Å². The molecule has 0 aromatic heterocycles. The van der Waals surface area contributed by atoms with E-state index in [0.29, 0.717) is 11.8 Å². The van der Waals surface area contributed by atoms with Gasteiger partial charge in [0.2, 0.25) is 0 Å². The molecule has 5 heteroatoms. The van der Waals surface area contributed by atoms with Crippen LogP contribution in [-0.4, -0.2) is 38.9 Å². The van der Waals surface area contributed by atoms with Crippen molar-refractivity contribution in [3.63, 3.8) is 0 Å². The summed E-state index contributed by atoms with van der Waals surface area (Å²) in [7, 11) is 0. The molecule has 2 fully saturated rings. The summed E-state index contributed by atoms with van der Waals surface area (Å²) in [5.74, 6) is 0.491. The fourth-order valence-corrected chi connectivity index (χ4v) is 4.50. The molecule has 2 N–H and O–H groups in total. The number of nitrogens with zero attached hydrogens (tertiary/aromatic N) is 1. The summed E-state index contributed by atoms with van der Waals surface area (Å²) in [5, 5.41) is 16.0. The third-order valence-electron chi connectivity index (χ3n) is 6.21. The van der Waals surface area contributed by atoms with Crippen molar-refractivity contribution in [2.45, 2.75) is 31.8 Å². The first kappa shape index (κ1) is 20.0. The van der Waals surface area contributed by atoms with Gasteiger partial charge in [-0.3, -0.25) is 0 Å². The summed E-state index contributed by atoms with van der Waals surface area (Å²) in [4.78, 5) is 0. The third-order valence-corrected chi connectivity index (χ3v) is 6.21. The highest BCUT2D eigenvalue weighted by molar-refractivity contribution is 5.70. The fraction of sp³-hybridized carbons (Fsp3) is 0.458. The lowest BCUT2D eigenvalue weighted by Gasteiger charge is -2.32. The first-order valence-corrected chi connectivity index (χ1v) is 10.5. The standard InChI is InChI=1S/C24H28FN3O/c1-16-6-7-27-15-23(16)21-5-2-17(10-20-14-28-8-9-29-20)11-22(21)18-3-4-19(13-26)24(25)12-18/h2-5,11-12,16,20,23,27-28H,6-10,14-15H2,1H3. The van der Waals surface area contributed by atoms with Gasteiger partial charge in [-0.1, -0.05) is 31.2 Å². The van der Waals surface area contributed by atoms with Crippen molar-refractivity contribution in [3.8, 4) is 17.2 Å². The molecule has 2 aromatic rings. The molecule has 0 radical (unpaired) electrons. The predicted molar refractivity (Wildman–Crippen MR) is 112 cm³/mol. The lowest BCUT2D eigenvalue weighted by molar-refractivity contribution is 0.0292. The van der Waals surface area contributed by atoms with Crippen molar-refractivity contribution in [3.05, 3.63) is 58.9 Å². The van der Waals surface area contributed by atoms with Crippen LogP contribution in [0.3, 0.4) is 0 Å². The molecule has 2 heterocycles. The van der Waals surface area contributed by atoms with Crippen molar-refractivity contribution in [1.29, 1.82) is 5.26 Å². The summed E-state index contributed by atoms with van der Waals surface area (Å²) < 4.78 is 20.3. The van der Waals surface area contributed by atoms with Gasteiger partial charge in [0, 0.05) is 19.6 Å². The van der Waals surface area contributed by atoms with Crippen molar-refractivity contribution < 1.29 is 9.13 Å². The maximum absolute atomic E-state index is 14.4. The molecule has 0 spiro atoms. The lowest BCUT2D eigenvalue weighted by Crippen LogP contribution is -2.39. The van der Waals surface area contributed by atoms with Crippen molar-refractivity contribution >= 4 is 0 Å². The molecular formula is C24H28FN3O. The molecule has 2 aliphatic heterocycles. The largest absolute Gasteiger partial charge is 0.375 e. The third kappa shape index (κ3) is 4.51. The Hall–Kier alpha value is -2.26. The average Bonchev–Trinajstić information content (AvgIpc) is 2.75. The van der Waals surface area contributed by atoms with Crippen LogP contribution in [0.4, 0.5) is 4.39 Å². The van der Waals surface area contributed by atoms with E-state index in [1.165, 1.54) is 17.2 Å². The van der Waals surface area contributed by atoms with E-state index in [1.54, 1.807) is 6.07 Å². The number of benzene rings is 2. The molecule has 3 atom stereocenters. The SMILES string of the molecule is CC1CCNCC1c1ccc(CC2CNCCO2)cc1-c1ccc(C#N)c(F)c1. The summed E-state index contributed by atoms with van der Waals surface area (Å²) in [5.41, 5.74) is 4.42. The van der Waals surface area contributed by atoms with Crippen LogP contribution in [0, 0.1) is 23.1 Å². The van der Waals surface area contributed by atoms with Crippen LogP contribution in [-0.2, 0) is 11.2 Å². The van der Waals surface area contributed by atoms with E-state index in [4.69, 9.17) is 10.00 Å². The normalized spacial score (nSPS) is 24.8. The Bertz CT molecular complexity index is 901. The van der Waals surface area contributed by atoms with Crippen LogP contribution in [0.5, 0.6) is 0 Å². The molecule has 0 bridgehead atoms. The number of nitrogens with one attached hydrogen (secondary N) is 2. The number of nitriles is 1. The second-order valence-corrected chi connectivity index (χ2v) is 8.21. The van der Waals surface area contributed by atoms with E-state index in [9.17, 15) is 4.39 Å². The van der Waals surface area contributed by atoms with Crippen molar-refractivity contribution in [1.82, 2.24) is 10.6 Å². The van der Waals surface area contributed by atoms with Gasteiger partial charge < -0.3 is 15.4 Å².